The number of hydrogen-bond donors (Lipinski definition) is 2. The van der Waals surface area contributed by atoms with Crippen molar-refractivity contribution in [1.29, 1.82) is 0 Å². The molecule has 1 aromatic carbocycles. The van der Waals surface area contributed by atoms with Crippen LogP contribution in [-0.4, -0.2) is 37.5 Å². The largest absolute Gasteiger partial charge is 0.395 e. The molecule has 0 saturated heterocycles. The van der Waals surface area contributed by atoms with Crippen molar-refractivity contribution in [2.75, 3.05) is 19.7 Å². The summed E-state index contributed by atoms with van der Waals surface area (Å²) in [5, 5.41) is 9.02. The van der Waals surface area contributed by atoms with Gasteiger partial charge in [0, 0.05) is 19.6 Å². The van der Waals surface area contributed by atoms with Crippen molar-refractivity contribution in [1.82, 2.24) is 4.31 Å². The number of rotatable bonds is 6. The summed E-state index contributed by atoms with van der Waals surface area (Å²) in [5.41, 5.74) is 6.23. The van der Waals surface area contributed by atoms with Crippen LogP contribution in [0.15, 0.2) is 23.1 Å². The third-order valence-electron chi connectivity index (χ3n) is 2.55. The fourth-order valence-electron chi connectivity index (χ4n) is 1.58. The highest BCUT2D eigenvalue weighted by Crippen LogP contribution is 2.25. The molecule has 0 aliphatic rings. The number of nitrogens with two attached hydrogens (primary N) is 1. The van der Waals surface area contributed by atoms with Crippen molar-refractivity contribution in [3.63, 3.8) is 0 Å². The zero-order valence-corrected chi connectivity index (χ0v) is 11.7. The van der Waals surface area contributed by atoms with Crippen LogP contribution in [0.4, 0.5) is 0 Å². The molecule has 0 radical (unpaired) electrons. The summed E-state index contributed by atoms with van der Waals surface area (Å²) in [6.45, 7) is 2.10. The van der Waals surface area contributed by atoms with E-state index in [9.17, 15) is 8.42 Å². The minimum absolute atomic E-state index is 0.0386. The SMILES string of the molecule is CCN(CCO)S(=O)(=O)c1ccc(CN)cc1Cl. The molecule has 0 fully saturated rings. The third-order valence-corrected chi connectivity index (χ3v) is 5.01. The number of benzene rings is 1. The number of sulfonamides is 1. The van der Waals surface area contributed by atoms with Crippen molar-refractivity contribution in [2.45, 2.75) is 18.4 Å². The number of halogens is 1. The molecule has 7 heteroatoms. The van der Waals surface area contributed by atoms with Crippen LogP contribution in [0.5, 0.6) is 0 Å². The van der Waals surface area contributed by atoms with E-state index in [-0.39, 0.29) is 29.6 Å². The van der Waals surface area contributed by atoms with E-state index in [1.54, 1.807) is 19.1 Å². The second kappa shape index (κ2) is 6.49. The predicted molar refractivity (Wildman–Crippen MR) is 70.9 cm³/mol. The maximum atomic E-state index is 12.3. The second-order valence-corrected chi connectivity index (χ2v) is 6.00. The van der Waals surface area contributed by atoms with Gasteiger partial charge in [-0.1, -0.05) is 24.6 Å². The fourth-order valence-corrected chi connectivity index (χ4v) is 3.56. The Balaban J connectivity index is 3.19. The molecule has 18 heavy (non-hydrogen) atoms. The van der Waals surface area contributed by atoms with E-state index in [4.69, 9.17) is 22.4 Å². The summed E-state index contributed by atoms with van der Waals surface area (Å²) in [4.78, 5) is 0.0386. The van der Waals surface area contributed by atoms with E-state index in [1.165, 1.54) is 10.4 Å². The number of aliphatic hydroxyl groups is 1. The van der Waals surface area contributed by atoms with E-state index in [0.717, 1.165) is 5.56 Å². The van der Waals surface area contributed by atoms with Gasteiger partial charge in [0.25, 0.3) is 0 Å². The fraction of sp³-hybridized carbons (Fsp3) is 0.455. The Morgan fingerprint density at radius 2 is 2.11 bits per heavy atom. The van der Waals surface area contributed by atoms with Crippen LogP contribution >= 0.6 is 11.6 Å². The zero-order valence-electron chi connectivity index (χ0n) is 10.1. The highest BCUT2D eigenvalue weighted by atomic mass is 35.5. The van der Waals surface area contributed by atoms with Crippen molar-refractivity contribution in [3.05, 3.63) is 28.8 Å². The molecule has 0 aromatic heterocycles. The molecular weight excluding hydrogens is 276 g/mol. The van der Waals surface area contributed by atoms with Crippen LogP contribution in [0.1, 0.15) is 12.5 Å². The van der Waals surface area contributed by atoms with Gasteiger partial charge in [0.2, 0.25) is 10.0 Å². The number of hydrogen-bond acceptors (Lipinski definition) is 4. The Morgan fingerprint density at radius 3 is 2.56 bits per heavy atom. The molecule has 3 N–H and O–H groups in total. The van der Waals surface area contributed by atoms with Gasteiger partial charge in [-0.05, 0) is 17.7 Å². The lowest BCUT2D eigenvalue weighted by molar-refractivity contribution is 0.257. The minimum atomic E-state index is -3.67. The first-order chi connectivity index (χ1) is 8.47. The van der Waals surface area contributed by atoms with Crippen molar-refractivity contribution in [3.8, 4) is 0 Å². The van der Waals surface area contributed by atoms with E-state index >= 15 is 0 Å². The van der Waals surface area contributed by atoms with Gasteiger partial charge >= 0.3 is 0 Å². The van der Waals surface area contributed by atoms with Gasteiger partial charge < -0.3 is 10.8 Å². The maximum absolute atomic E-state index is 12.3. The summed E-state index contributed by atoms with van der Waals surface area (Å²) >= 11 is 5.97. The van der Waals surface area contributed by atoms with Crippen molar-refractivity contribution in [2.24, 2.45) is 5.73 Å². The molecule has 0 amide bonds. The molecule has 0 aliphatic carbocycles. The Labute approximate surface area is 112 Å². The first-order valence-electron chi connectivity index (χ1n) is 5.56. The van der Waals surface area contributed by atoms with Crippen LogP contribution in [0.25, 0.3) is 0 Å². The van der Waals surface area contributed by atoms with Gasteiger partial charge in [0.1, 0.15) is 4.90 Å². The summed E-state index contributed by atoms with van der Waals surface area (Å²) in [5.74, 6) is 0. The van der Waals surface area contributed by atoms with Gasteiger partial charge in [-0.25, -0.2) is 8.42 Å². The Bertz CT molecular complexity index is 505. The average Bonchev–Trinajstić information content (AvgIpc) is 2.35. The Morgan fingerprint density at radius 1 is 1.44 bits per heavy atom. The van der Waals surface area contributed by atoms with Gasteiger partial charge in [0.15, 0.2) is 0 Å². The molecule has 0 bridgehead atoms. The molecule has 102 valence electrons. The monoisotopic (exact) mass is 292 g/mol. The van der Waals surface area contributed by atoms with Crippen molar-refractivity contribution < 1.29 is 13.5 Å². The molecular formula is C11H17ClN2O3S. The van der Waals surface area contributed by atoms with Crippen molar-refractivity contribution >= 4 is 21.6 Å². The van der Waals surface area contributed by atoms with Crippen LogP contribution in [-0.2, 0) is 16.6 Å². The number of nitrogens with zero attached hydrogens (tertiary/aromatic N) is 1. The van der Waals surface area contributed by atoms with Crippen LogP contribution in [0, 0.1) is 0 Å². The first kappa shape index (κ1) is 15.4. The molecule has 5 nitrogen and oxygen atoms in total. The molecule has 0 spiro atoms. The molecule has 0 aliphatic heterocycles. The van der Waals surface area contributed by atoms with E-state index < -0.39 is 10.0 Å². The molecule has 0 atom stereocenters. The van der Waals surface area contributed by atoms with E-state index in [0.29, 0.717) is 6.54 Å². The topological polar surface area (TPSA) is 83.6 Å². The lowest BCUT2D eigenvalue weighted by Crippen LogP contribution is -2.33. The lowest BCUT2D eigenvalue weighted by Gasteiger charge is -2.20. The molecule has 1 rings (SSSR count). The summed E-state index contributed by atoms with van der Waals surface area (Å²) < 4.78 is 25.7. The first-order valence-corrected chi connectivity index (χ1v) is 7.38. The third kappa shape index (κ3) is 3.21. The van der Waals surface area contributed by atoms with Gasteiger partial charge in [-0.2, -0.15) is 4.31 Å². The van der Waals surface area contributed by atoms with Gasteiger partial charge in [-0.15, -0.1) is 0 Å². The summed E-state index contributed by atoms with van der Waals surface area (Å²) in [7, 11) is -3.67. The molecule has 0 heterocycles. The Kier molecular flexibility index (Phi) is 5.55. The standard InChI is InChI=1S/C11H17ClN2O3S/c1-2-14(5-6-15)18(16,17)11-4-3-9(8-13)7-10(11)12/h3-4,7,15H,2,5-6,8,13H2,1H3. The normalized spacial score (nSPS) is 12.1. The zero-order chi connectivity index (χ0) is 13.8. The maximum Gasteiger partial charge on any atom is 0.244 e. The predicted octanol–water partition coefficient (Wildman–Crippen LogP) is 0.802. The second-order valence-electron chi connectivity index (χ2n) is 3.69. The molecule has 0 unspecified atom stereocenters. The van der Waals surface area contributed by atoms with Gasteiger partial charge in [0.05, 0.1) is 11.6 Å². The van der Waals surface area contributed by atoms with Crippen LogP contribution in [0.2, 0.25) is 5.02 Å². The average molecular weight is 293 g/mol. The van der Waals surface area contributed by atoms with E-state index in [2.05, 4.69) is 0 Å². The summed E-state index contributed by atoms with van der Waals surface area (Å²) in [6.07, 6.45) is 0. The Hall–Kier alpha value is -0.660. The minimum Gasteiger partial charge on any atom is -0.395 e. The highest BCUT2D eigenvalue weighted by molar-refractivity contribution is 7.89. The number of likely N-dealkylation sites (N-methyl/N-ethyl adjacent to an activating group) is 1. The lowest BCUT2D eigenvalue weighted by atomic mass is 10.2. The van der Waals surface area contributed by atoms with Crippen LogP contribution in [0.3, 0.4) is 0 Å². The van der Waals surface area contributed by atoms with E-state index in [1.807, 2.05) is 0 Å². The highest BCUT2D eigenvalue weighted by Gasteiger charge is 2.25. The molecule has 1 aromatic rings. The smallest absolute Gasteiger partial charge is 0.244 e. The molecule has 0 saturated carbocycles. The quantitative estimate of drug-likeness (QED) is 0.812. The summed E-state index contributed by atoms with van der Waals surface area (Å²) in [6, 6.07) is 4.62. The van der Waals surface area contributed by atoms with Crippen LogP contribution < -0.4 is 5.73 Å². The van der Waals surface area contributed by atoms with Gasteiger partial charge in [-0.3, -0.25) is 0 Å². The number of aliphatic hydroxyl groups excluding tert-OH is 1.